The number of fused-ring (bicyclic) bond motifs is 1. The number of likely N-dealkylation sites (N-methyl/N-ethyl adjacent to an activating group) is 1. The molecule has 1 N–H and O–H groups in total. The Hall–Kier alpha value is -0.970. The molecule has 1 heterocycles. The minimum absolute atomic E-state index is 0.331. The zero-order valence-corrected chi connectivity index (χ0v) is 13.0. The zero-order valence-electron chi connectivity index (χ0n) is 12.1. The van der Waals surface area contributed by atoms with E-state index in [-0.39, 0.29) is 0 Å². The van der Waals surface area contributed by atoms with Crippen LogP contribution in [0.5, 0.6) is 0 Å². The SMILES string of the molecule is CCOC(C1CC1)C(Cc1nc2ccccc2s1)NC. The van der Waals surface area contributed by atoms with E-state index in [1.165, 1.54) is 22.5 Å². The van der Waals surface area contributed by atoms with Crippen LogP contribution in [0.25, 0.3) is 10.2 Å². The number of aromatic nitrogens is 1. The molecule has 0 amide bonds. The van der Waals surface area contributed by atoms with Gasteiger partial charge in [0.05, 0.1) is 21.3 Å². The van der Waals surface area contributed by atoms with Crippen molar-refractivity contribution < 1.29 is 4.74 Å². The maximum Gasteiger partial charge on any atom is 0.0955 e. The Morgan fingerprint density at radius 3 is 2.85 bits per heavy atom. The van der Waals surface area contributed by atoms with Gasteiger partial charge in [-0.15, -0.1) is 11.3 Å². The molecule has 2 atom stereocenters. The van der Waals surface area contributed by atoms with Gasteiger partial charge in [0.15, 0.2) is 0 Å². The lowest BCUT2D eigenvalue weighted by Crippen LogP contribution is -2.42. The van der Waals surface area contributed by atoms with Crippen molar-refractivity contribution in [1.82, 2.24) is 10.3 Å². The van der Waals surface area contributed by atoms with Gasteiger partial charge in [0.25, 0.3) is 0 Å². The van der Waals surface area contributed by atoms with Gasteiger partial charge in [0.2, 0.25) is 0 Å². The average molecular weight is 290 g/mol. The van der Waals surface area contributed by atoms with E-state index >= 15 is 0 Å². The van der Waals surface area contributed by atoms with Gasteiger partial charge in [0.1, 0.15) is 0 Å². The Bertz CT molecular complexity index is 531. The molecule has 108 valence electrons. The number of thiazole rings is 1. The van der Waals surface area contributed by atoms with Crippen LogP contribution in [0.15, 0.2) is 24.3 Å². The van der Waals surface area contributed by atoms with Gasteiger partial charge < -0.3 is 10.1 Å². The third-order valence-electron chi connectivity index (χ3n) is 3.95. The molecule has 0 spiro atoms. The fraction of sp³-hybridized carbons (Fsp3) is 0.562. The van der Waals surface area contributed by atoms with E-state index in [4.69, 9.17) is 9.72 Å². The van der Waals surface area contributed by atoms with E-state index in [2.05, 4.69) is 36.5 Å². The third-order valence-corrected chi connectivity index (χ3v) is 5.00. The second kappa shape index (κ2) is 6.20. The maximum atomic E-state index is 5.98. The van der Waals surface area contributed by atoms with Crippen molar-refractivity contribution >= 4 is 21.6 Å². The van der Waals surface area contributed by atoms with Crippen molar-refractivity contribution in [1.29, 1.82) is 0 Å². The molecule has 1 fully saturated rings. The lowest BCUT2D eigenvalue weighted by atomic mass is 10.0. The van der Waals surface area contributed by atoms with Gasteiger partial charge in [-0.1, -0.05) is 12.1 Å². The highest BCUT2D eigenvalue weighted by Gasteiger charge is 2.37. The Kier molecular flexibility index (Phi) is 4.34. The number of ether oxygens (including phenoxy) is 1. The van der Waals surface area contributed by atoms with Gasteiger partial charge >= 0.3 is 0 Å². The summed E-state index contributed by atoms with van der Waals surface area (Å²) in [5.74, 6) is 0.738. The summed E-state index contributed by atoms with van der Waals surface area (Å²) in [5, 5.41) is 4.65. The van der Waals surface area contributed by atoms with Gasteiger partial charge in [-0.25, -0.2) is 4.98 Å². The van der Waals surface area contributed by atoms with Gasteiger partial charge in [0, 0.05) is 19.1 Å². The first-order chi connectivity index (χ1) is 9.81. The highest BCUT2D eigenvalue weighted by molar-refractivity contribution is 7.18. The summed E-state index contributed by atoms with van der Waals surface area (Å²) in [5.41, 5.74) is 1.11. The molecule has 1 aromatic heterocycles. The topological polar surface area (TPSA) is 34.1 Å². The second-order valence-electron chi connectivity index (χ2n) is 5.43. The molecule has 20 heavy (non-hydrogen) atoms. The van der Waals surface area contributed by atoms with Gasteiger partial charge in [-0.3, -0.25) is 0 Å². The smallest absolute Gasteiger partial charge is 0.0955 e. The Morgan fingerprint density at radius 1 is 1.40 bits per heavy atom. The van der Waals surface area contributed by atoms with E-state index in [9.17, 15) is 0 Å². The second-order valence-corrected chi connectivity index (χ2v) is 6.55. The molecule has 0 aliphatic heterocycles. The van der Waals surface area contributed by atoms with Crippen LogP contribution in [0.4, 0.5) is 0 Å². The molecular formula is C16H22N2OS. The number of hydrogen-bond acceptors (Lipinski definition) is 4. The summed E-state index contributed by atoms with van der Waals surface area (Å²) in [6.07, 6.45) is 3.90. The van der Waals surface area contributed by atoms with Crippen molar-refractivity contribution in [2.24, 2.45) is 5.92 Å². The number of para-hydroxylation sites is 1. The van der Waals surface area contributed by atoms with Crippen molar-refractivity contribution in [2.45, 2.75) is 38.3 Å². The van der Waals surface area contributed by atoms with Crippen LogP contribution in [-0.4, -0.2) is 30.8 Å². The molecule has 2 aromatic rings. The van der Waals surface area contributed by atoms with Crippen molar-refractivity contribution in [3.05, 3.63) is 29.3 Å². The summed E-state index contributed by atoms with van der Waals surface area (Å²) in [6.45, 7) is 2.87. The lowest BCUT2D eigenvalue weighted by molar-refractivity contribution is 0.0211. The molecule has 2 unspecified atom stereocenters. The highest BCUT2D eigenvalue weighted by atomic mass is 32.1. The number of benzene rings is 1. The summed E-state index contributed by atoms with van der Waals surface area (Å²) in [6, 6.07) is 8.72. The van der Waals surface area contributed by atoms with E-state index in [1.807, 2.05) is 7.05 Å². The van der Waals surface area contributed by atoms with Crippen molar-refractivity contribution in [2.75, 3.05) is 13.7 Å². The van der Waals surface area contributed by atoms with Crippen molar-refractivity contribution in [3.8, 4) is 0 Å². The molecule has 1 saturated carbocycles. The Labute approximate surface area is 124 Å². The minimum Gasteiger partial charge on any atom is -0.377 e. The van der Waals surface area contributed by atoms with Crippen LogP contribution in [0, 0.1) is 5.92 Å². The third kappa shape index (κ3) is 3.03. The minimum atomic E-state index is 0.331. The Balaban J connectivity index is 1.75. The van der Waals surface area contributed by atoms with Gasteiger partial charge in [-0.2, -0.15) is 0 Å². The van der Waals surface area contributed by atoms with Crippen LogP contribution >= 0.6 is 11.3 Å². The number of nitrogens with one attached hydrogen (secondary N) is 1. The first-order valence-electron chi connectivity index (χ1n) is 7.45. The van der Waals surface area contributed by atoms with Crippen LogP contribution in [0.1, 0.15) is 24.8 Å². The maximum absolute atomic E-state index is 5.98. The van der Waals surface area contributed by atoms with Gasteiger partial charge in [-0.05, 0) is 44.9 Å². The molecule has 0 radical (unpaired) electrons. The quantitative estimate of drug-likeness (QED) is 0.850. The van der Waals surface area contributed by atoms with E-state index in [0.29, 0.717) is 12.1 Å². The number of rotatable bonds is 7. The molecule has 1 aliphatic rings. The highest BCUT2D eigenvalue weighted by Crippen LogP contribution is 2.37. The molecule has 1 aromatic carbocycles. The summed E-state index contributed by atoms with van der Waals surface area (Å²) in [4.78, 5) is 4.75. The number of hydrogen-bond donors (Lipinski definition) is 1. The molecule has 0 bridgehead atoms. The molecule has 1 aliphatic carbocycles. The molecule has 0 saturated heterocycles. The molecule has 3 rings (SSSR count). The summed E-state index contributed by atoms with van der Waals surface area (Å²) < 4.78 is 7.25. The fourth-order valence-electron chi connectivity index (χ4n) is 2.78. The monoisotopic (exact) mass is 290 g/mol. The van der Waals surface area contributed by atoms with E-state index in [1.54, 1.807) is 11.3 Å². The number of nitrogens with zero attached hydrogens (tertiary/aromatic N) is 1. The molecular weight excluding hydrogens is 268 g/mol. The normalized spacial score (nSPS) is 18.3. The fourth-order valence-corrected chi connectivity index (χ4v) is 3.80. The van der Waals surface area contributed by atoms with Crippen molar-refractivity contribution in [3.63, 3.8) is 0 Å². The molecule has 4 heteroatoms. The average Bonchev–Trinajstić information content (AvgIpc) is 3.22. The zero-order chi connectivity index (χ0) is 13.9. The predicted molar refractivity (Wildman–Crippen MR) is 84.3 cm³/mol. The molecule has 3 nitrogen and oxygen atoms in total. The Morgan fingerprint density at radius 2 is 2.20 bits per heavy atom. The van der Waals surface area contributed by atoms with Crippen LogP contribution in [-0.2, 0) is 11.2 Å². The van der Waals surface area contributed by atoms with Crippen LogP contribution in [0.3, 0.4) is 0 Å². The van der Waals surface area contributed by atoms with Crippen LogP contribution in [0.2, 0.25) is 0 Å². The standard InChI is InChI=1S/C16H22N2OS/c1-3-19-16(11-8-9-11)13(17-2)10-15-18-12-6-4-5-7-14(12)20-15/h4-7,11,13,16-17H,3,8-10H2,1-2H3. The predicted octanol–water partition coefficient (Wildman–Crippen LogP) is 3.24. The largest absolute Gasteiger partial charge is 0.377 e. The first-order valence-corrected chi connectivity index (χ1v) is 8.26. The van der Waals surface area contributed by atoms with E-state index in [0.717, 1.165) is 24.5 Å². The summed E-state index contributed by atoms with van der Waals surface area (Å²) in [7, 11) is 2.03. The summed E-state index contributed by atoms with van der Waals surface area (Å²) >= 11 is 1.80. The first kappa shape index (κ1) is 14.0. The van der Waals surface area contributed by atoms with E-state index < -0.39 is 0 Å². The lowest BCUT2D eigenvalue weighted by Gasteiger charge is -2.26. The van der Waals surface area contributed by atoms with Crippen LogP contribution < -0.4 is 5.32 Å².